The molecule has 0 aliphatic heterocycles. The quantitative estimate of drug-likeness (QED) is 0.775. The van der Waals surface area contributed by atoms with Crippen LogP contribution in [-0.4, -0.2) is 12.0 Å². The summed E-state index contributed by atoms with van der Waals surface area (Å²) < 4.78 is 11.1. The zero-order valence-electron chi connectivity index (χ0n) is 14.9. The molecule has 4 nitrogen and oxygen atoms in total. The minimum absolute atomic E-state index is 0.0348. The number of furan rings is 1. The van der Waals surface area contributed by atoms with Gasteiger partial charge in [0.05, 0.1) is 12.4 Å². The van der Waals surface area contributed by atoms with Gasteiger partial charge in [0.25, 0.3) is 0 Å². The van der Waals surface area contributed by atoms with Gasteiger partial charge >= 0.3 is 0 Å². The minimum atomic E-state index is 0.0348. The summed E-state index contributed by atoms with van der Waals surface area (Å²) >= 11 is 0. The average Bonchev–Trinajstić information content (AvgIpc) is 3.05. The van der Waals surface area contributed by atoms with Gasteiger partial charge in [0, 0.05) is 18.9 Å². The van der Waals surface area contributed by atoms with Crippen LogP contribution in [0.25, 0.3) is 0 Å². The highest BCUT2D eigenvalue weighted by molar-refractivity contribution is 5.76. The molecule has 0 spiro atoms. The second-order valence-corrected chi connectivity index (χ2v) is 6.66. The van der Waals surface area contributed by atoms with Crippen LogP contribution in [0.3, 0.4) is 0 Å². The summed E-state index contributed by atoms with van der Waals surface area (Å²) in [6.07, 6.45) is 2.24. The van der Waals surface area contributed by atoms with Crippen LogP contribution in [0.15, 0.2) is 47.1 Å². The molecule has 1 N–H and O–H groups in total. The molecule has 1 aromatic heterocycles. The lowest BCUT2D eigenvalue weighted by Crippen LogP contribution is -2.25. The van der Waals surface area contributed by atoms with Crippen LogP contribution in [0.1, 0.15) is 51.4 Å². The van der Waals surface area contributed by atoms with E-state index in [1.807, 2.05) is 50.2 Å². The van der Waals surface area contributed by atoms with E-state index >= 15 is 0 Å². The molecule has 0 aliphatic rings. The molecule has 1 heterocycles. The van der Waals surface area contributed by atoms with Gasteiger partial charge in [-0.25, -0.2) is 0 Å². The normalized spacial score (nSPS) is 12.4. The number of benzene rings is 1. The molecule has 0 saturated carbocycles. The summed E-state index contributed by atoms with van der Waals surface area (Å²) in [6.45, 7) is 8.72. The number of carbonyl (C=O) groups excluding carboxylic acids is 1. The smallest absolute Gasteiger partial charge is 0.221 e. The minimum Gasteiger partial charge on any atom is -0.491 e. The second kappa shape index (κ2) is 8.57. The van der Waals surface area contributed by atoms with E-state index in [9.17, 15) is 4.79 Å². The Bertz CT molecular complexity index is 615. The highest BCUT2D eigenvalue weighted by Gasteiger charge is 2.21. The van der Waals surface area contributed by atoms with Gasteiger partial charge in [0.15, 0.2) is 0 Å². The number of amides is 1. The third kappa shape index (κ3) is 5.44. The Hall–Kier alpha value is -2.23. The third-order valence-corrected chi connectivity index (χ3v) is 3.90. The Morgan fingerprint density at radius 3 is 2.38 bits per heavy atom. The van der Waals surface area contributed by atoms with Crippen molar-refractivity contribution < 1.29 is 13.9 Å². The maximum absolute atomic E-state index is 12.3. The topological polar surface area (TPSA) is 51.5 Å². The molecule has 0 fully saturated rings. The van der Waals surface area contributed by atoms with E-state index in [-0.39, 0.29) is 17.9 Å². The maximum atomic E-state index is 12.3. The molecule has 1 atom stereocenters. The van der Waals surface area contributed by atoms with Gasteiger partial charge in [-0.15, -0.1) is 0 Å². The van der Waals surface area contributed by atoms with Gasteiger partial charge in [-0.2, -0.15) is 0 Å². The van der Waals surface area contributed by atoms with Gasteiger partial charge in [-0.1, -0.05) is 26.0 Å². The predicted molar refractivity (Wildman–Crippen MR) is 95.0 cm³/mol. The monoisotopic (exact) mass is 329 g/mol. The molecule has 2 aromatic rings. The SMILES string of the molecule is CC(C)Oc1ccc(CNC(=O)CC(c2ccco2)C(C)C)cc1. The third-order valence-electron chi connectivity index (χ3n) is 3.90. The van der Waals surface area contributed by atoms with E-state index in [1.165, 1.54) is 0 Å². The Morgan fingerprint density at radius 1 is 1.12 bits per heavy atom. The summed E-state index contributed by atoms with van der Waals surface area (Å²) in [5, 5.41) is 2.99. The van der Waals surface area contributed by atoms with Crippen LogP contribution in [-0.2, 0) is 11.3 Å². The van der Waals surface area contributed by atoms with E-state index in [1.54, 1.807) is 6.26 Å². The highest BCUT2D eigenvalue weighted by Crippen LogP contribution is 2.28. The Labute approximate surface area is 144 Å². The van der Waals surface area contributed by atoms with Crippen molar-refractivity contribution in [2.24, 2.45) is 5.92 Å². The summed E-state index contributed by atoms with van der Waals surface area (Å²) in [5.41, 5.74) is 1.05. The molecule has 0 aliphatic carbocycles. The van der Waals surface area contributed by atoms with E-state index in [0.29, 0.717) is 18.9 Å². The first-order valence-electron chi connectivity index (χ1n) is 8.51. The lowest BCUT2D eigenvalue weighted by Gasteiger charge is -2.18. The molecular weight excluding hydrogens is 302 g/mol. The fraction of sp³-hybridized carbons (Fsp3) is 0.450. The van der Waals surface area contributed by atoms with Crippen LogP contribution in [0.2, 0.25) is 0 Å². The van der Waals surface area contributed by atoms with Gasteiger partial charge in [-0.05, 0) is 49.6 Å². The van der Waals surface area contributed by atoms with Crippen LogP contribution in [0.4, 0.5) is 0 Å². The van der Waals surface area contributed by atoms with Crippen molar-refractivity contribution in [2.45, 2.75) is 52.7 Å². The molecule has 1 aromatic carbocycles. The summed E-state index contributed by atoms with van der Waals surface area (Å²) in [6, 6.07) is 11.6. The summed E-state index contributed by atoms with van der Waals surface area (Å²) in [5.74, 6) is 2.19. The zero-order valence-corrected chi connectivity index (χ0v) is 14.9. The van der Waals surface area contributed by atoms with Crippen LogP contribution >= 0.6 is 0 Å². The second-order valence-electron chi connectivity index (χ2n) is 6.66. The molecule has 130 valence electrons. The molecule has 0 saturated heterocycles. The summed E-state index contributed by atoms with van der Waals surface area (Å²) in [7, 11) is 0. The highest BCUT2D eigenvalue weighted by atomic mass is 16.5. The first kappa shape index (κ1) is 18.1. The number of nitrogens with one attached hydrogen (secondary N) is 1. The maximum Gasteiger partial charge on any atom is 0.221 e. The molecular formula is C20H27NO3. The Balaban J connectivity index is 1.86. The van der Waals surface area contributed by atoms with Crippen LogP contribution in [0, 0.1) is 5.92 Å². The fourth-order valence-corrected chi connectivity index (χ4v) is 2.60. The van der Waals surface area contributed by atoms with Crippen molar-refractivity contribution in [3.05, 3.63) is 54.0 Å². The van der Waals surface area contributed by atoms with Crippen molar-refractivity contribution in [1.82, 2.24) is 5.32 Å². The lowest BCUT2D eigenvalue weighted by molar-refractivity contribution is -0.122. The first-order chi connectivity index (χ1) is 11.5. The van der Waals surface area contributed by atoms with E-state index < -0.39 is 0 Å². The van der Waals surface area contributed by atoms with Crippen molar-refractivity contribution in [3.63, 3.8) is 0 Å². The van der Waals surface area contributed by atoms with Crippen LogP contribution < -0.4 is 10.1 Å². The van der Waals surface area contributed by atoms with Crippen molar-refractivity contribution >= 4 is 5.91 Å². The number of carbonyl (C=O) groups is 1. The number of hydrogen-bond donors (Lipinski definition) is 1. The lowest BCUT2D eigenvalue weighted by atomic mass is 9.90. The Morgan fingerprint density at radius 2 is 1.83 bits per heavy atom. The molecule has 24 heavy (non-hydrogen) atoms. The van der Waals surface area contributed by atoms with Crippen molar-refractivity contribution in [1.29, 1.82) is 0 Å². The molecule has 4 heteroatoms. The Kier molecular flexibility index (Phi) is 6.47. The number of hydrogen-bond acceptors (Lipinski definition) is 3. The molecule has 1 amide bonds. The predicted octanol–water partition coefficient (Wildman–Crippen LogP) is 4.51. The average molecular weight is 329 g/mol. The van der Waals surface area contributed by atoms with Crippen molar-refractivity contribution in [2.75, 3.05) is 0 Å². The molecule has 1 unspecified atom stereocenters. The van der Waals surface area contributed by atoms with E-state index in [4.69, 9.17) is 9.15 Å². The number of ether oxygens (including phenoxy) is 1. The molecule has 2 rings (SSSR count). The van der Waals surface area contributed by atoms with E-state index in [0.717, 1.165) is 17.1 Å². The zero-order chi connectivity index (χ0) is 17.5. The van der Waals surface area contributed by atoms with E-state index in [2.05, 4.69) is 19.2 Å². The standard InChI is InChI=1S/C20H27NO3/c1-14(2)18(19-6-5-11-23-19)12-20(22)21-13-16-7-9-17(10-8-16)24-15(3)4/h5-11,14-15,18H,12-13H2,1-4H3,(H,21,22). The van der Waals surface area contributed by atoms with Gasteiger partial charge in [0.2, 0.25) is 5.91 Å². The first-order valence-corrected chi connectivity index (χ1v) is 8.51. The van der Waals surface area contributed by atoms with Crippen LogP contribution in [0.5, 0.6) is 5.75 Å². The van der Waals surface area contributed by atoms with Gasteiger partial charge < -0.3 is 14.5 Å². The molecule has 0 radical (unpaired) electrons. The summed E-state index contributed by atoms with van der Waals surface area (Å²) in [4.78, 5) is 12.3. The van der Waals surface area contributed by atoms with Crippen molar-refractivity contribution in [3.8, 4) is 5.75 Å². The molecule has 0 bridgehead atoms. The fourth-order valence-electron chi connectivity index (χ4n) is 2.60. The van der Waals surface area contributed by atoms with Gasteiger partial charge in [0.1, 0.15) is 11.5 Å². The number of rotatable bonds is 8. The largest absolute Gasteiger partial charge is 0.491 e. The van der Waals surface area contributed by atoms with Gasteiger partial charge in [-0.3, -0.25) is 4.79 Å².